The van der Waals surface area contributed by atoms with Gasteiger partial charge in [-0.15, -0.1) is 0 Å². The molecule has 2 amide bonds. The number of benzene rings is 1. The van der Waals surface area contributed by atoms with E-state index in [1.54, 1.807) is 36.5 Å². The Bertz CT molecular complexity index is 739. The van der Waals surface area contributed by atoms with Gasteiger partial charge in [0, 0.05) is 19.0 Å². The molecular formula is C18H21N5O. The lowest BCUT2D eigenvalue weighted by Crippen LogP contribution is -2.31. The molecule has 2 aromatic rings. The standard InChI is InChI=1S/C18H21N5O/c1-18(2,3)16-20-10-15(11-21-16)22-17(24)23(4)12-14-7-5-13(9-19)6-8-14/h5-8,10-11H,12H2,1-4H3,(H,22,24). The summed E-state index contributed by atoms with van der Waals surface area (Å²) in [7, 11) is 1.71. The molecule has 24 heavy (non-hydrogen) atoms. The van der Waals surface area contributed by atoms with E-state index in [1.165, 1.54) is 0 Å². The molecule has 0 unspecified atom stereocenters. The SMILES string of the molecule is CN(Cc1ccc(C#N)cc1)C(=O)Nc1cnc(C(C)(C)C)nc1. The molecule has 124 valence electrons. The Balaban J connectivity index is 1.97. The summed E-state index contributed by atoms with van der Waals surface area (Å²) in [5.74, 6) is 0.728. The van der Waals surface area contributed by atoms with Gasteiger partial charge in [0.1, 0.15) is 5.82 Å². The number of amides is 2. The Labute approximate surface area is 142 Å². The van der Waals surface area contributed by atoms with Crippen molar-refractivity contribution in [1.29, 1.82) is 5.26 Å². The minimum atomic E-state index is -0.244. The van der Waals surface area contributed by atoms with Gasteiger partial charge in [0.2, 0.25) is 0 Å². The largest absolute Gasteiger partial charge is 0.323 e. The van der Waals surface area contributed by atoms with Crippen LogP contribution in [0.1, 0.15) is 37.7 Å². The first kappa shape index (κ1) is 17.4. The van der Waals surface area contributed by atoms with Crippen molar-refractivity contribution in [3.63, 3.8) is 0 Å². The second kappa shape index (κ2) is 7.09. The summed E-state index contributed by atoms with van der Waals surface area (Å²) in [5.41, 5.74) is 1.97. The smallest absolute Gasteiger partial charge is 0.321 e. The molecule has 0 saturated heterocycles. The van der Waals surface area contributed by atoms with Gasteiger partial charge in [-0.2, -0.15) is 5.26 Å². The van der Waals surface area contributed by atoms with Gasteiger partial charge >= 0.3 is 6.03 Å². The van der Waals surface area contributed by atoms with Crippen LogP contribution in [0.3, 0.4) is 0 Å². The van der Waals surface area contributed by atoms with Crippen LogP contribution in [0.15, 0.2) is 36.7 Å². The van der Waals surface area contributed by atoms with Crippen LogP contribution in [0.2, 0.25) is 0 Å². The van der Waals surface area contributed by atoms with Crippen molar-refractivity contribution in [2.45, 2.75) is 32.7 Å². The highest BCUT2D eigenvalue weighted by Crippen LogP contribution is 2.18. The maximum Gasteiger partial charge on any atom is 0.321 e. The van der Waals surface area contributed by atoms with Gasteiger partial charge in [0.25, 0.3) is 0 Å². The van der Waals surface area contributed by atoms with Crippen molar-refractivity contribution in [1.82, 2.24) is 14.9 Å². The van der Waals surface area contributed by atoms with Gasteiger partial charge in [0.15, 0.2) is 0 Å². The summed E-state index contributed by atoms with van der Waals surface area (Å²) in [6.45, 7) is 6.54. The first-order chi connectivity index (χ1) is 11.3. The van der Waals surface area contributed by atoms with Crippen LogP contribution in [0.5, 0.6) is 0 Å². The van der Waals surface area contributed by atoms with E-state index in [-0.39, 0.29) is 11.4 Å². The van der Waals surface area contributed by atoms with Crippen LogP contribution < -0.4 is 5.32 Å². The number of hydrogen-bond donors (Lipinski definition) is 1. The average Bonchev–Trinajstić information content (AvgIpc) is 2.55. The quantitative estimate of drug-likeness (QED) is 0.939. The fraction of sp³-hybridized carbons (Fsp3) is 0.333. The molecule has 0 aliphatic rings. The molecule has 1 heterocycles. The molecule has 1 N–H and O–H groups in total. The molecule has 0 fully saturated rings. The van der Waals surface area contributed by atoms with Gasteiger partial charge in [-0.05, 0) is 17.7 Å². The van der Waals surface area contributed by atoms with Crippen LogP contribution in [0, 0.1) is 11.3 Å². The molecule has 0 spiro atoms. The fourth-order valence-electron chi connectivity index (χ4n) is 2.03. The minimum absolute atomic E-state index is 0.130. The zero-order chi connectivity index (χ0) is 17.7. The molecule has 2 rings (SSSR count). The fourth-order valence-corrected chi connectivity index (χ4v) is 2.03. The van der Waals surface area contributed by atoms with E-state index in [0.717, 1.165) is 11.4 Å². The first-order valence-corrected chi connectivity index (χ1v) is 7.63. The van der Waals surface area contributed by atoms with Crippen molar-refractivity contribution in [2.75, 3.05) is 12.4 Å². The topological polar surface area (TPSA) is 81.9 Å². The van der Waals surface area contributed by atoms with E-state index >= 15 is 0 Å². The van der Waals surface area contributed by atoms with Crippen LogP contribution in [-0.4, -0.2) is 27.9 Å². The van der Waals surface area contributed by atoms with Crippen molar-refractivity contribution in [3.8, 4) is 6.07 Å². The van der Waals surface area contributed by atoms with E-state index in [0.29, 0.717) is 17.8 Å². The Morgan fingerprint density at radius 2 is 1.79 bits per heavy atom. The molecule has 1 aromatic heterocycles. The van der Waals surface area contributed by atoms with E-state index in [1.807, 2.05) is 32.9 Å². The molecular weight excluding hydrogens is 302 g/mol. The van der Waals surface area contributed by atoms with E-state index < -0.39 is 0 Å². The lowest BCUT2D eigenvalue weighted by Gasteiger charge is -2.19. The van der Waals surface area contributed by atoms with Gasteiger partial charge in [-0.3, -0.25) is 0 Å². The van der Waals surface area contributed by atoms with Gasteiger partial charge in [-0.1, -0.05) is 32.9 Å². The highest BCUT2D eigenvalue weighted by molar-refractivity contribution is 5.88. The predicted octanol–water partition coefficient (Wildman–Crippen LogP) is 3.31. The number of carbonyl (C=O) groups excluding carboxylic acids is 1. The summed E-state index contributed by atoms with van der Waals surface area (Å²) in [4.78, 5) is 22.4. The zero-order valence-electron chi connectivity index (χ0n) is 14.4. The Morgan fingerprint density at radius 1 is 1.21 bits per heavy atom. The highest BCUT2D eigenvalue weighted by atomic mass is 16.2. The van der Waals surface area contributed by atoms with Crippen LogP contribution in [-0.2, 0) is 12.0 Å². The summed E-state index contributed by atoms with van der Waals surface area (Å²) >= 11 is 0. The number of nitriles is 1. The number of anilines is 1. The monoisotopic (exact) mass is 323 g/mol. The summed E-state index contributed by atoms with van der Waals surface area (Å²) < 4.78 is 0. The molecule has 6 heteroatoms. The number of nitrogens with zero attached hydrogens (tertiary/aromatic N) is 4. The molecule has 6 nitrogen and oxygen atoms in total. The van der Waals surface area contributed by atoms with Crippen molar-refractivity contribution < 1.29 is 4.79 Å². The van der Waals surface area contributed by atoms with Crippen LogP contribution >= 0.6 is 0 Å². The second-order valence-corrected chi connectivity index (χ2v) is 6.64. The van der Waals surface area contributed by atoms with Crippen molar-refractivity contribution in [3.05, 3.63) is 53.6 Å². The average molecular weight is 323 g/mol. The molecule has 0 saturated carbocycles. The van der Waals surface area contributed by atoms with Gasteiger partial charge in [-0.25, -0.2) is 14.8 Å². The molecule has 0 aliphatic carbocycles. The lowest BCUT2D eigenvalue weighted by atomic mass is 9.96. The molecule has 0 bridgehead atoms. The molecule has 0 aliphatic heterocycles. The number of rotatable bonds is 3. The third-order valence-electron chi connectivity index (χ3n) is 3.42. The van der Waals surface area contributed by atoms with Crippen molar-refractivity contribution in [2.24, 2.45) is 0 Å². The normalized spacial score (nSPS) is 10.8. The Morgan fingerprint density at radius 3 is 2.29 bits per heavy atom. The highest BCUT2D eigenvalue weighted by Gasteiger charge is 2.17. The number of urea groups is 1. The second-order valence-electron chi connectivity index (χ2n) is 6.64. The van der Waals surface area contributed by atoms with E-state index in [4.69, 9.17) is 5.26 Å². The van der Waals surface area contributed by atoms with Gasteiger partial charge in [0.05, 0.1) is 29.7 Å². The Hall–Kier alpha value is -2.94. The molecule has 1 aromatic carbocycles. The van der Waals surface area contributed by atoms with E-state index in [2.05, 4.69) is 21.4 Å². The number of nitrogens with one attached hydrogen (secondary N) is 1. The maximum absolute atomic E-state index is 12.2. The number of aromatic nitrogens is 2. The van der Waals surface area contributed by atoms with E-state index in [9.17, 15) is 4.79 Å². The number of carbonyl (C=O) groups is 1. The Kier molecular flexibility index (Phi) is 5.14. The van der Waals surface area contributed by atoms with Crippen LogP contribution in [0.4, 0.5) is 10.5 Å². The maximum atomic E-state index is 12.2. The third-order valence-corrected chi connectivity index (χ3v) is 3.42. The summed E-state index contributed by atoms with van der Waals surface area (Å²) in [6, 6.07) is 8.97. The molecule has 0 atom stereocenters. The van der Waals surface area contributed by atoms with Crippen molar-refractivity contribution >= 4 is 11.7 Å². The van der Waals surface area contributed by atoms with Crippen LogP contribution in [0.25, 0.3) is 0 Å². The molecule has 0 radical (unpaired) electrons. The van der Waals surface area contributed by atoms with Gasteiger partial charge < -0.3 is 10.2 Å². The number of hydrogen-bond acceptors (Lipinski definition) is 4. The summed E-state index contributed by atoms with van der Waals surface area (Å²) in [5, 5.41) is 11.6. The predicted molar refractivity (Wildman–Crippen MR) is 92.4 cm³/mol. The first-order valence-electron chi connectivity index (χ1n) is 7.63. The minimum Gasteiger partial charge on any atom is -0.323 e. The summed E-state index contributed by atoms with van der Waals surface area (Å²) in [6.07, 6.45) is 3.22. The lowest BCUT2D eigenvalue weighted by molar-refractivity contribution is 0.220. The third kappa shape index (κ3) is 4.53. The zero-order valence-corrected chi connectivity index (χ0v) is 14.4.